The molecule has 124 valence electrons. The van der Waals surface area contributed by atoms with E-state index in [1.165, 1.54) is 12.1 Å². The molecule has 1 aromatic carbocycles. The van der Waals surface area contributed by atoms with Crippen molar-refractivity contribution in [1.29, 1.82) is 15.9 Å². The third kappa shape index (κ3) is 3.42. The van der Waals surface area contributed by atoms with Crippen LogP contribution in [0.1, 0.15) is 32.7 Å². The minimum absolute atomic E-state index is 0.0417. The van der Waals surface area contributed by atoms with Crippen molar-refractivity contribution in [1.82, 2.24) is 4.98 Å². The number of nitrogens with one attached hydrogen (secondary N) is 2. The van der Waals surface area contributed by atoms with Gasteiger partial charge in [-0.25, -0.2) is 4.98 Å². The lowest BCUT2D eigenvalue weighted by molar-refractivity contribution is 0.102. The van der Waals surface area contributed by atoms with E-state index in [4.69, 9.17) is 33.3 Å². The number of carbonyl (C=O) groups excluding carboxylic acids is 1. The van der Waals surface area contributed by atoms with Crippen molar-refractivity contribution >= 4 is 34.6 Å². The molecule has 4 N–H and O–H groups in total. The maximum Gasteiger partial charge on any atom is 0.274 e. The van der Waals surface area contributed by atoms with Crippen LogP contribution in [0.25, 0.3) is 0 Å². The van der Waals surface area contributed by atoms with Crippen molar-refractivity contribution in [3.05, 3.63) is 51.3 Å². The molecule has 1 aromatic heterocycles. The average Bonchev–Trinajstić information content (AvgIpc) is 2.59. The lowest BCUT2D eigenvalue weighted by Crippen LogP contribution is -2.17. The fourth-order valence-corrected chi connectivity index (χ4v) is 2.48. The van der Waals surface area contributed by atoms with E-state index >= 15 is 0 Å². The number of nitrogens with two attached hydrogens (primary N) is 1. The van der Waals surface area contributed by atoms with Gasteiger partial charge in [0.25, 0.3) is 5.91 Å². The summed E-state index contributed by atoms with van der Waals surface area (Å²) in [4.78, 5) is 16.5. The number of pyridine rings is 1. The lowest BCUT2D eigenvalue weighted by atomic mass is 10.0. The largest absolute Gasteiger partial charge is 0.398 e. The first-order chi connectivity index (χ1) is 11.8. The first-order valence-corrected chi connectivity index (χ1v) is 7.44. The van der Waals surface area contributed by atoms with Crippen LogP contribution in [0.15, 0.2) is 18.2 Å². The summed E-state index contributed by atoms with van der Waals surface area (Å²) in [5.74, 6) is -0.522. The molecule has 0 aliphatic rings. The van der Waals surface area contributed by atoms with E-state index in [1.807, 2.05) is 6.07 Å². The number of rotatable bonds is 3. The quantitative estimate of drug-likeness (QED) is 0.442. The maximum absolute atomic E-state index is 12.5. The number of nitrogens with zero attached hydrogens (tertiary/aromatic N) is 3. The van der Waals surface area contributed by atoms with Crippen LogP contribution in [0, 0.1) is 41.9 Å². The van der Waals surface area contributed by atoms with Crippen molar-refractivity contribution in [3.8, 4) is 12.1 Å². The SMILES string of the molecule is Cc1c(C(=O)Nc2ccc(N)c(C(=N)C#N)c2)nc(Cl)c(C#N)c1C. The number of anilines is 2. The number of benzene rings is 1. The van der Waals surface area contributed by atoms with Crippen LogP contribution >= 0.6 is 11.6 Å². The van der Waals surface area contributed by atoms with E-state index in [1.54, 1.807) is 26.0 Å². The van der Waals surface area contributed by atoms with E-state index in [-0.39, 0.29) is 33.4 Å². The standard InChI is InChI=1S/C17H13ClN6O/c1-8-9(2)15(24-16(18)12(8)6-19)17(25)23-10-3-4-13(21)11(5-10)14(22)7-20/h3-5,22H,21H2,1-2H3,(H,23,25). The zero-order valence-corrected chi connectivity index (χ0v) is 14.2. The van der Waals surface area contributed by atoms with Gasteiger partial charge < -0.3 is 11.1 Å². The molecule has 0 bridgehead atoms. The molecule has 1 amide bonds. The first kappa shape index (κ1) is 17.9. The second-order valence-electron chi connectivity index (χ2n) is 5.23. The van der Waals surface area contributed by atoms with Gasteiger partial charge in [0.15, 0.2) is 0 Å². The summed E-state index contributed by atoms with van der Waals surface area (Å²) >= 11 is 5.97. The number of amides is 1. The molecule has 0 spiro atoms. The number of halogens is 1. The predicted octanol–water partition coefficient (Wildman–Crippen LogP) is 2.95. The molecule has 0 fully saturated rings. The van der Waals surface area contributed by atoms with Gasteiger partial charge in [-0.3, -0.25) is 10.2 Å². The van der Waals surface area contributed by atoms with Crippen molar-refractivity contribution in [2.24, 2.45) is 0 Å². The molecule has 0 unspecified atom stereocenters. The fraction of sp³-hybridized carbons (Fsp3) is 0.118. The van der Waals surface area contributed by atoms with E-state index in [0.717, 1.165) is 0 Å². The molecule has 0 saturated heterocycles. The van der Waals surface area contributed by atoms with E-state index in [0.29, 0.717) is 16.8 Å². The van der Waals surface area contributed by atoms with Crippen LogP contribution in [0.4, 0.5) is 11.4 Å². The number of aromatic nitrogens is 1. The Morgan fingerprint density at radius 1 is 1.32 bits per heavy atom. The summed E-state index contributed by atoms with van der Waals surface area (Å²) < 4.78 is 0. The highest BCUT2D eigenvalue weighted by atomic mass is 35.5. The molecular weight excluding hydrogens is 340 g/mol. The van der Waals surface area contributed by atoms with Gasteiger partial charge in [-0.1, -0.05) is 11.6 Å². The molecule has 0 radical (unpaired) electrons. The fourth-order valence-electron chi connectivity index (χ4n) is 2.21. The van der Waals surface area contributed by atoms with Crippen molar-refractivity contribution in [2.75, 3.05) is 11.1 Å². The van der Waals surface area contributed by atoms with Gasteiger partial charge in [0.1, 0.15) is 28.7 Å². The Hall–Kier alpha value is -3.42. The van der Waals surface area contributed by atoms with Crippen LogP contribution in [0.2, 0.25) is 5.15 Å². The molecule has 0 saturated carbocycles. The van der Waals surface area contributed by atoms with Gasteiger partial charge in [0, 0.05) is 16.9 Å². The number of nitrogen functional groups attached to an aromatic ring is 1. The van der Waals surface area contributed by atoms with Gasteiger partial charge in [0.05, 0.1) is 5.56 Å². The van der Waals surface area contributed by atoms with Crippen LogP contribution in [0.3, 0.4) is 0 Å². The second kappa shape index (κ2) is 7.00. The highest BCUT2D eigenvalue weighted by Crippen LogP contribution is 2.24. The summed E-state index contributed by atoms with van der Waals surface area (Å²) in [7, 11) is 0. The van der Waals surface area contributed by atoms with Crippen LogP contribution < -0.4 is 11.1 Å². The topological polar surface area (TPSA) is 139 Å². The van der Waals surface area contributed by atoms with Crippen molar-refractivity contribution in [2.45, 2.75) is 13.8 Å². The summed E-state index contributed by atoms with van der Waals surface area (Å²) in [6, 6.07) is 8.14. The highest BCUT2D eigenvalue weighted by Gasteiger charge is 2.19. The zero-order valence-electron chi connectivity index (χ0n) is 13.4. The molecule has 7 nitrogen and oxygen atoms in total. The molecule has 0 aliphatic heterocycles. The molecule has 8 heteroatoms. The lowest BCUT2D eigenvalue weighted by Gasteiger charge is -2.12. The summed E-state index contributed by atoms with van der Waals surface area (Å²) in [6.45, 7) is 3.36. The zero-order chi connectivity index (χ0) is 18.7. The third-order valence-electron chi connectivity index (χ3n) is 3.73. The van der Waals surface area contributed by atoms with Crippen LogP contribution in [-0.2, 0) is 0 Å². The van der Waals surface area contributed by atoms with Gasteiger partial charge in [0.2, 0.25) is 0 Å². The summed E-state index contributed by atoms with van der Waals surface area (Å²) in [5.41, 5.74) is 7.71. The van der Waals surface area contributed by atoms with E-state index < -0.39 is 5.91 Å². The Labute approximate surface area is 149 Å². The smallest absolute Gasteiger partial charge is 0.274 e. The molecule has 2 aromatic rings. The first-order valence-electron chi connectivity index (χ1n) is 7.06. The Kier molecular flexibility index (Phi) is 5.02. The highest BCUT2D eigenvalue weighted by molar-refractivity contribution is 6.31. The molecule has 25 heavy (non-hydrogen) atoms. The Morgan fingerprint density at radius 3 is 2.60 bits per heavy atom. The molecule has 1 heterocycles. The number of carbonyl (C=O) groups is 1. The van der Waals surface area contributed by atoms with Gasteiger partial charge in [-0.05, 0) is 43.2 Å². The Balaban J connectivity index is 2.41. The van der Waals surface area contributed by atoms with E-state index in [2.05, 4.69) is 10.3 Å². The average molecular weight is 353 g/mol. The summed E-state index contributed by atoms with van der Waals surface area (Å²) in [5, 5.41) is 28.1. The second-order valence-corrected chi connectivity index (χ2v) is 5.59. The minimum atomic E-state index is -0.522. The Bertz CT molecular complexity index is 984. The van der Waals surface area contributed by atoms with Crippen molar-refractivity contribution < 1.29 is 4.79 Å². The van der Waals surface area contributed by atoms with Gasteiger partial charge in [-0.2, -0.15) is 10.5 Å². The van der Waals surface area contributed by atoms with Crippen LogP contribution in [-0.4, -0.2) is 16.6 Å². The minimum Gasteiger partial charge on any atom is -0.398 e. The third-order valence-corrected chi connectivity index (χ3v) is 4.00. The number of hydrogen-bond acceptors (Lipinski definition) is 6. The summed E-state index contributed by atoms with van der Waals surface area (Å²) in [6.07, 6.45) is 0. The molecule has 2 rings (SSSR count). The van der Waals surface area contributed by atoms with E-state index in [9.17, 15) is 4.79 Å². The molecular formula is C17H13ClN6O. The molecule has 0 atom stereocenters. The van der Waals surface area contributed by atoms with Crippen LogP contribution in [0.5, 0.6) is 0 Å². The van der Waals surface area contributed by atoms with Gasteiger partial charge in [-0.15, -0.1) is 0 Å². The predicted molar refractivity (Wildman–Crippen MR) is 94.7 cm³/mol. The number of nitriles is 2. The number of hydrogen-bond donors (Lipinski definition) is 3. The monoisotopic (exact) mass is 352 g/mol. The molecule has 0 aliphatic carbocycles. The maximum atomic E-state index is 12.5. The van der Waals surface area contributed by atoms with Crippen molar-refractivity contribution in [3.63, 3.8) is 0 Å². The normalized spacial score (nSPS) is 9.80. The Morgan fingerprint density at radius 2 is 2.00 bits per heavy atom. The van der Waals surface area contributed by atoms with Gasteiger partial charge >= 0.3 is 0 Å².